The molecule has 1 unspecified atom stereocenters. The quantitative estimate of drug-likeness (QED) is 0.0674. The fourth-order valence-electron chi connectivity index (χ4n) is 4.06. The number of ether oxygens (including phenoxy) is 9. The second-order valence-electron chi connectivity index (χ2n) is 10.4. The molecule has 0 spiro atoms. The van der Waals surface area contributed by atoms with Crippen molar-refractivity contribution in [1.29, 1.82) is 0 Å². The van der Waals surface area contributed by atoms with Crippen molar-refractivity contribution in [3.63, 3.8) is 0 Å². The Kier molecular flexibility index (Phi) is 25.0. The maximum Gasteiger partial charge on any atom is 0.408 e. The van der Waals surface area contributed by atoms with Gasteiger partial charge in [0.25, 0.3) is 11.8 Å². The van der Waals surface area contributed by atoms with Gasteiger partial charge in [0.2, 0.25) is 0 Å². The normalized spacial score (nSPS) is 16.2. The van der Waals surface area contributed by atoms with E-state index < -0.39 is 23.9 Å². The first-order valence-corrected chi connectivity index (χ1v) is 16.7. The second-order valence-corrected chi connectivity index (χ2v) is 10.4. The van der Waals surface area contributed by atoms with Gasteiger partial charge >= 0.3 is 12.1 Å². The fourth-order valence-corrected chi connectivity index (χ4v) is 4.06. The predicted octanol–water partition coefficient (Wildman–Crippen LogP) is 1.18. The van der Waals surface area contributed by atoms with Crippen LogP contribution in [0.25, 0.3) is 0 Å². The third kappa shape index (κ3) is 22.6. The van der Waals surface area contributed by atoms with Gasteiger partial charge in [-0.05, 0) is 19.3 Å². The zero-order valence-electron chi connectivity index (χ0n) is 27.9. The Morgan fingerprint density at radius 3 is 1.58 bits per heavy atom. The van der Waals surface area contributed by atoms with Gasteiger partial charge in [-0.1, -0.05) is 18.3 Å². The Labute approximate surface area is 282 Å². The Morgan fingerprint density at radius 1 is 0.625 bits per heavy atom. The molecule has 0 bridgehead atoms. The van der Waals surface area contributed by atoms with Crippen molar-refractivity contribution in [3.05, 3.63) is 0 Å². The van der Waals surface area contributed by atoms with Crippen LogP contribution in [0.4, 0.5) is 4.79 Å². The summed E-state index contributed by atoms with van der Waals surface area (Å²) in [5, 5.41) is 3.19. The van der Waals surface area contributed by atoms with E-state index in [1.165, 1.54) is 0 Å². The van der Waals surface area contributed by atoms with Gasteiger partial charge in [-0.3, -0.25) is 9.59 Å². The fraction of sp³-hybridized carbons (Fsp3) is 0.812. The van der Waals surface area contributed by atoms with Crippen molar-refractivity contribution in [2.75, 3.05) is 112 Å². The number of hydrogen-bond acceptors (Lipinski definition) is 14. The molecular formula is C32H52N2O14. The molecule has 2 rings (SSSR count). The van der Waals surface area contributed by atoms with E-state index in [-0.39, 0.29) is 38.6 Å². The van der Waals surface area contributed by atoms with Gasteiger partial charge in [-0.2, -0.15) is 0 Å². The highest BCUT2D eigenvalue weighted by Gasteiger charge is 2.32. The Morgan fingerprint density at radius 2 is 1.08 bits per heavy atom. The van der Waals surface area contributed by atoms with Crippen LogP contribution in [0.2, 0.25) is 0 Å². The molecule has 0 aromatic rings. The Hall–Kier alpha value is -2.88. The van der Waals surface area contributed by atoms with Crippen LogP contribution in [-0.4, -0.2) is 147 Å². The van der Waals surface area contributed by atoms with Crippen LogP contribution in [0.3, 0.4) is 0 Å². The van der Waals surface area contributed by atoms with E-state index in [2.05, 4.69) is 17.2 Å². The lowest BCUT2D eigenvalue weighted by Crippen LogP contribution is -2.32. The molecule has 16 nitrogen and oxygen atoms in total. The maximum atomic E-state index is 11.9. The van der Waals surface area contributed by atoms with Crippen LogP contribution in [0.1, 0.15) is 51.4 Å². The summed E-state index contributed by atoms with van der Waals surface area (Å²) < 4.78 is 48.7. The van der Waals surface area contributed by atoms with Gasteiger partial charge in [-0.15, -0.1) is 5.06 Å². The standard InChI is InChI=1S/C32H52N2O14/c35-29-8-9-30(36)34(29)48-31(37)10-12-39-14-16-41-18-20-43-22-24-45-26-27-46-25-23-44-21-19-42-17-15-40-13-11-33-32(38)47-28-6-4-2-1-3-5-7-28/h28H,1-4,6,8-27H2,(H,33,38). The van der Waals surface area contributed by atoms with Gasteiger partial charge in [0.05, 0.1) is 112 Å². The second kappa shape index (κ2) is 29.1. The molecule has 0 radical (unpaired) electrons. The van der Waals surface area contributed by atoms with Crippen LogP contribution in [0.5, 0.6) is 0 Å². The lowest BCUT2D eigenvalue weighted by molar-refractivity contribution is -0.198. The number of carbonyl (C=O) groups excluding carboxylic acids is 4. The molecule has 274 valence electrons. The minimum Gasteiger partial charge on any atom is -0.433 e. The summed E-state index contributed by atoms with van der Waals surface area (Å²) in [6, 6.07) is 0. The molecule has 2 aliphatic rings. The van der Waals surface area contributed by atoms with E-state index in [0.717, 1.165) is 32.1 Å². The number of amides is 3. The lowest BCUT2D eigenvalue weighted by Gasteiger charge is -2.14. The van der Waals surface area contributed by atoms with Gasteiger partial charge in [0, 0.05) is 25.8 Å². The van der Waals surface area contributed by atoms with E-state index in [1.54, 1.807) is 0 Å². The van der Waals surface area contributed by atoms with E-state index in [4.69, 9.17) is 47.5 Å². The third-order valence-corrected chi connectivity index (χ3v) is 6.55. The average molecular weight is 689 g/mol. The molecule has 16 heteroatoms. The molecular weight excluding hydrogens is 636 g/mol. The van der Waals surface area contributed by atoms with Crippen molar-refractivity contribution in [2.24, 2.45) is 0 Å². The van der Waals surface area contributed by atoms with Crippen molar-refractivity contribution in [1.82, 2.24) is 10.4 Å². The molecule has 3 amide bonds. The molecule has 0 aromatic carbocycles. The first-order chi connectivity index (χ1) is 23.6. The lowest BCUT2D eigenvalue weighted by atomic mass is 10.1. The Balaban J connectivity index is 1.19. The van der Waals surface area contributed by atoms with Gasteiger partial charge in [0.1, 0.15) is 0 Å². The molecule has 1 fully saturated rings. The molecule has 1 saturated heterocycles. The summed E-state index contributed by atoms with van der Waals surface area (Å²) in [6.07, 6.45) is 4.13. The molecule has 1 N–H and O–H groups in total. The van der Waals surface area contributed by atoms with Crippen LogP contribution in [0.15, 0.2) is 0 Å². The molecule has 0 aromatic heterocycles. The number of hydrogen-bond donors (Lipinski definition) is 1. The summed E-state index contributed by atoms with van der Waals surface area (Å²) in [5.41, 5.74) is 0. The number of nitrogens with one attached hydrogen (secondary N) is 1. The molecule has 1 aliphatic carbocycles. The van der Waals surface area contributed by atoms with E-state index in [1.807, 2.05) is 0 Å². The van der Waals surface area contributed by atoms with Gasteiger partial charge < -0.3 is 52.8 Å². The van der Waals surface area contributed by atoms with Crippen molar-refractivity contribution < 1.29 is 66.6 Å². The van der Waals surface area contributed by atoms with Crippen LogP contribution >= 0.6 is 0 Å². The van der Waals surface area contributed by atoms with Crippen molar-refractivity contribution in [2.45, 2.75) is 57.5 Å². The number of carbonyl (C=O) groups is 4. The summed E-state index contributed by atoms with van der Waals surface area (Å²) in [6.45, 7) is 6.67. The number of imide groups is 1. The first kappa shape index (κ1) is 41.3. The summed E-state index contributed by atoms with van der Waals surface area (Å²) in [4.78, 5) is 51.0. The number of hydroxylamine groups is 2. The first-order valence-electron chi connectivity index (χ1n) is 16.7. The number of alkyl carbamates (subject to hydrolysis) is 1. The zero-order chi connectivity index (χ0) is 34.3. The molecule has 1 heterocycles. The summed E-state index contributed by atoms with van der Waals surface area (Å²) in [5.74, 6) is 4.33. The molecule has 1 aliphatic heterocycles. The van der Waals surface area contributed by atoms with E-state index >= 15 is 0 Å². The van der Waals surface area contributed by atoms with Gasteiger partial charge in [0.15, 0.2) is 6.10 Å². The largest absolute Gasteiger partial charge is 0.433 e. The number of rotatable bonds is 29. The van der Waals surface area contributed by atoms with Crippen LogP contribution in [0, 0.1) is 11.8 Å². The average Bonchev–Trinajstić information content (AvgIpc) is 3.37. The minimum absolute atomic E-state index is 0.0569. The highest BCUT2D eigenvalue weighted by Crippen LogP contribution is 2.13. The van der Waals surface area contributed by atoms with E-state index in [9.17, 15) is 19.2 Å². The number of nitrogens with zero attached hydrogens (tertiary/aromatic N) is 1. The molecule has 0 saturated carbocycles. The monoisotopic (exact) mass is 688 g/mol. The van der Waals surface area contributed by atoms with Crippen molar-refractivity contribution >= 4 is 23.9 Å². The van der Waals surface area contributed by atoms with Crippen LogP contribution in [-0.2, 0) is 61.9 Å². The van der Waals surface area contributed by atoms with Gasteiger partial charge in [-0.25, -0.2) is 9.59 Å². The minimum atomic E-state index is -0.702. The zero-order valence-corrected chi connectivity index (χ0v) is 27.9. The smallest absolute Gasteiger partial charge is 0.408 e. The highest BCUT2D eigenvalue weighted by atomic mass is 16.7. The SMILES string of the molecule is O=C(CCOCCOCCOCCOCCOCCOCCOCCOCCNC(=O)OC1C#CCCCCC1)ON1C(=O)CCC1=O. The van der Waals surface area contributed by atoms with Crippen LogP contribution < -0.4 is 5.32 Å². The predicted molar refractivity (Wildman–Crippen MR) is 167 cm³/mol. The summed E-state index contributed by atoms with van der Waals surface area (Å²) >= 11 is 0. The Bertz CT molecular complexity index is 941. The van der Waals surface area contributed by atoms with Crippen molar-refractivity contribution in [3.8, 4) is 11.8 Å². The van der Waals surface area contributed by atoms with E-state index in [0.29, 0.717) is 104 Å². The molecule has 48 heavy (non-hydrogen) atoms. The third-order valence-electron chi connectivity index (χ3n) is 6.55. The highest BCUT2D eigenvalue weighted by molar-refractivity contribution is 6.01. The maximum absolute atomic E-state index is 11.9. The summed E-state index contributed by atoms with van der Waals surface area (Å²) in [7, 11) is 0. The topological polar surface area (TPSA) is 176 Å². The molecule has 1 atom stereocenters.